The number of Topliss-reactive ketones (excluding diaryl/α,β-unsaturated/α-hetero) is 1. The summed E-state index contributed by atoms with van der Waals surface area (Å²) in [6.07, 6.45) is 2.53. The number of ketones is 1. The second-order valence-electron chi connectivity index (χ2n) is 7.55. The van der Waals surface area contributed by atoms with Gasteiger partial charge in [-0.3, -0.25) is 9.59 Å². The zero-order valence-corrected chi connectivity index (χ0v) is 16.5. The standard InChI is InChI=1S/C24H29NO3/c1-2-18-8-10-19(11-9-18)22(26)12-13-23(27)25-16-14-21(15-17-25)24(28)20-6-4-3-5-7-20/h3-11,21,24,28H,2,12-17H2,1H3. The van der Waals surface area contributed by atoms with Gasteiger partial charge in [0.25, 0.3) is 0 Å². The zero-order chi connectivity index (χ0) is 19.9. The molecule has 0 aliphatic carbocycles. The van der Waals surface area contributed by atoms with E-state index in [1.54, 1.807) is 0 Å². The van der Waals surface area contributed by atoms with Crippen LogP contribution >= 0.6 is 0 Å². The highest BCUT2D eigenvalue weighted by Crippen LogP contribution is 2.30. The molecule has 1 N–H and O–H groups in total. The van der Waals surface area contributed by atoms with Gasteiger partial charge in [-0.05, 0) is 36.3 Å². The van der Waals surface area contributed by atoms with Gasteiger partial charge in [0.2, 0.25) is 5.91 Å². The zero-order valence-electron chi connectivity index (χ0n) is 16.5. The lowest BCUT2D eigenvalue weighted by atomic mass is 9.87. The molecule has 1 amide bonds. The Morgan fingerprint density at radius 1 is 1.00 bits per heavy atom. The summed E-state index contributed by atoms with van der Waals surface area (Å²) in [5, 5.41) is 10.6. The van der Waals surface area contributed by atoms with Crippen LogP contribution in [0.2, 0.25) is 0 Å². The molecule has 1 heterocycles. The molecule has 1 fully saturated rings. The highest BCUT2D eigenvalue weighted by atomic mass is 16.3. The van der Waals surface area contributed by atoms with Crippen molar-refractivity contribution in [3.8, 4) is 0 Å². The summed E-state index contributed by atoms with van der Waals surface area (Å²) in [6, 6.07) is 17.3. The van der Waals surface area contributed by atoms with Crippen molar-refractivity contribution in [3.63, 3.8) is 0 Å². The normalized spacial score (nSPS) is 16.0. The Kier molecular flexibility index (Phi) is 6.99. The number of carbonyl (C=O) groups excluding carboxylic acids is 2. The number of rotatable bonds is 7. The second kappa shape index (κ2) is 9.65. The van der Waals surface area contributed by atoms with Gasteiger partial charge >= 0.3 is 0 Å². The van der Waals surface area contributed by atoms with E-state index >= 15 is 0 Å². The Morgan fingerprint density at radius 3 is 2.25 bits per heavy atom. The van der Waals surface area contributed by atoms with Gasteiger partial charge in [-0.15, -0.1) is 0 Å². The van der Waals surface area contributed by atoms with Gasteiger partial charge < -0.3 is 10.0 Å². The molecule has 1 aliphatic heterocycles. The molecule has 1 atom stereocenters. The van der Waals surface area contributed by atoms with Crippen molar-refractivity contribution in [1.82, 2.24) is 4.90 Å². The number of amides is 1. The Bertz CT molecular complexity index is 777. The number of benzene rings is 2. The quantitative estimate of drug-likeness (QED) is 0.734. The van der Waals surface area contributed by atoms with Gasteiger partial charge in [-0.1, -0.05) is 61.5 Å². The molecule has 3 rings (SSSR count). The number of carbonyl (C=O) groups is 2. The van der Waals surface area contributed by atoms with Crippen molar-refractivity contribution in [1.29, 1.82) is 0 Å². The predicted octanol–water partition coefficient (Wildman–Crippen LogP) is 4.18. The first-order chi connectivity index (χ1) is 13.6. The molecule has 0 spiro atoms. The van der Waals surface area contributed by atoms with Gasteiger partial charge in [0.05, 0.1) is 6.10 Å². The van der Waals surface area contributed by atoms with Crippen molar-refractivity contribution >= 4 is 11.7 Å². The molecule has 1 aliphatic rings. The molecule has 0 bridgehead atoms. The van der Waals surface area contributed by atoms with Crippen LogP contribution in [-0.4, -0.2) is 34.8 Å². The third-order valence-electron chi connectivity index (χ3n) is 5.73. The van der Waals surface area contributed by atoms with E-state index < -0.39 is 6.10 Å². The van der Waals surface area contributed by atoms with Crippen LogP contribution in [0.4, 0.5) is 0 Å². The van der Waals surface area contributed by atoms with Crippen LogP contribution < -0.4 is 0 Å². The fourth-order valence-corrected chi connectivity index (χ4v) is 3.84. The van der Waals surface area contributed by atoms with Crippen LogP contribution in [0.5, 0.6) is 0 Å². The molecule has 28 heavy (non-hydrogen) atoms. The Balaban J connectivity index is 1.45. The van der Waals surface area contributed by atoms with E-state index in [1.165, 1.54) is 5.56 Å². The van der Waals surface area contributed by atoms with Gasteiger partial charge in [-0.25, -0.2) is 0 Å². The third kappa shape index (κ3) is 5.08. The lowest BCUT2D eigenvalue weighted by molar-refractivity contribution is -0.133. The van der Waals surface area contributed by atoms with Gasteiger partial charge in [-0.2, -0.15) is 0 Å². The summed E-state index contributed by atoms with van der Waals surface area (Å²) in [5.41, 5.74) is 2.81. The van der Waals surface area contributed by atoms with Crippen LogP contribution in [0.1, 0.15) is 60.2 Å². The number of likely N-dealkylation sites (tertiary alicyclic amines) is 1. The van der Waals surface area contributed by atoms with Crippen molar-refractivity contribution < 1.29 is 14.7 Å². The molecule has 1 unspecified atom stereocenters. The van der Waals surface area contributed by atoms with Gasteiger partial charge in [0.15, 0.2) is 5.78 Å². The number of piperidine rings is 1. The largest absolute Gasteiger partial charge is 0.388 e. The maximum atomic E-state index is 12.5. The first-order valence-electron chi connectivity index (χ1n) is 10.2. The van der Waals surface area contributed by atoms with E-state index in [4.69, 9.17) is 0 Å². The molecule has 4 nitrogen and oxygen atoms in total. The minimum Gasteiger partial charge on any atom is -0.388 e. The fraction of sp³-hybridized carbons (Fsp3) is 0.417. The Hall–Kier alpha value is -2.46. The number of nitrogens with zero attached hydrogens (tertiary/aromatic N) is 1. The average molecular weight is 380 g/mol. The monoisotopic (exact) mass is 379 g/mol. The Morgan fingerprint density at radius 2 is 1.64 bits per heavy atom. The van der Waals surface area contributed by atoms with Gasteiger partial charge in [0.1, 0.15) is 0 Å². The fourth-order valence-electron chi connectivity index (χ4n) is 3.84. The van der Waals surface area contributed by atoms with Crippen LogP contribution in [-0.2, 0) is 11.2 Å². The average Bonchev–Trinajstić information content (AvgIpc) is 2.77. The minimum atomic E-state index is -0.480. The van der Waals surface area contributed by atoms with Crippen molar-refractivity contribution in [2.75, 3.05) is 13.1 Å². The van der Waals surface area contributed by atoms with Crippen molar-refractivity contribution in [2.24, 2.45) is 5.92 Å². The van der Waals surface area contributed by atoms with E-state index in [2.05, 4.69) is 6.92 Å². The number of hydrogen-bond acceptors (Lipinski definition) is 3. The van der Waals surface area contributed by atoms with E-state index in [9.17, 15) is 14.7 Å². The number of hydrogen-bond donors (Lipinski definition) is 1. The molecular weight excluding hydrogens is 350 g/mol. The molecule has 0 aromatic heterocycles. The number of aryl methyl sites for hydroxylation is 1. The number of aliphatic hydroxyl groups excluding tert-OH is 1. The smallest absolute Gasteiger partial charge is 0.223 e. The summed E-state index contributed by atoms with van der Waals surface area (Å²) >= 11 is 0. The SMILES string of the molecule is CCc1ccc(C(=O)CCC(=O)N2CCC(C(O)c3ccccc3)CC2)cc1. The highest BCUT2D eigenvalue weighted by Gasteiger charge is 2.28. The lowest BCUT2D eigenvalue weighted by Gasteiger charge is -2.34. The lowest BCUT2D eigenvalue weighted by Crippen LogP contribution is -2.39. The molecule has 4 heteroatoms. The summed E-state index contributed by atoms with van der Waals surface area (Å²) in [7, 11) is 0. The Labute approximate surface area is 167 Å². The molecule has 2 aromatic rings. The molecule has 1 saturated heterocycles. The van der Waals surface area contributed by atoms with E-state index in [-0.39, 0.29) is 30.4 Å². The summed E-state index contributed by atoms with van der Waals surface area (Å²) < 4.78 is 0. The van der Waals surface area contributed by atoms with Crippen molar-refractivity contribution in [3.05, 3.63) is 71.3 Å². The van der Waals surface area contributed by atoms with E-state index in [0.29, 0.717) is 18.7 Å². The van der Waals surface area contributed by atoms with Crippen LogP contribution in [0.25, 0.3) is 0 Å². The molecular formula is C24H29NO3. The first kappa shape index (κ1) is 20.3. The molecule has 148 valence electrons. The van der Waals surface area contributed by atoms with Gasteiger partial charge in [0, 0.05) is 31.5 Å². The predicted molar refractivity (Wildman–Crippen MR) is 110 cm³/mol. The molecule has 0 radical (unpaired) electrons. The van der Waals surface area contributed by atoms with E-state index in [1.807, 2.05) is 59.5 Å². The number of aliphatic hydroxyl groups is 1. The van der Waals surface area contributed by atoms with Crippen LogP contribution in [0.3, 0.4) is 0 Å². The maximum absolute atomic E-state index is 12.5. The maximum Gasteiger partial charge on any atom is 0.223 e. The highest BCUT2D eigenvalue weighted by molar-refractivity contribution is 5.98. The topological polar surface area (TPSA) is 57.6 Å². The van der Waals surface area contributed by atoms with Crippen LogP contribution in [0, 0.1) is 5.92 Å². The second-order valence-corrected chi connectivity index (χ2v) is 7.55. The summed E-state index contributed by atoms with van der Waals surface area (Å²) in [5.74, 6) is 0.224. The minimum absolute atomic E-state index is 0.0189. The molecule has 2 aromatic carbocycles. The molecule has 0 saturated carbocycles. The first-order valence-corrected chi connectivity index (χ1v) is 10.2. The van der Waals surface area contributed by atoms with E-state index in [0.717, 1.165) is 24.8 Å². The third-order valence-corrected chi connectivity index (χ3v) is 5.73. The van der Waals surface area contributed by atoms with Crippen LogP contribution in [0.15, 0.2) is 54.6 Å². The summed E-state index contributed by atoms with van der Waals surface area (Å²) in [4.78, 5) is 26.7. The van der Waals surface area contributed by atoms with Crippen molar-refractivity contribution in [2.45, 2.75) is 45.1 Å². The summed E-state index contributed by atoms with van der Waals surface area (Å²) in [6.45, 7) is 3.37.